The Morgan fingerprint density at radius 3 is 1.33 bits per heavy atom. The van der Waals surface area contributed by atoms with Gasteiger partial charge >= 0.3 is 5.97 Å². The zero-order chi connectivity index (χ0) is 18.0. The van der Waals surface area contributed by atoms with Crippen LogP contribution in [0, 0.1) is 19.9 Å². The van der Waals surface area contributed by atoms with Crippen LogP contribution in [0.3, 0.4) is 0 Å². The molecule has 1 radical (unpaired) electrons. The van der Waals surface area contributed by atoms with Gasteiger partial charge in [0, 0.05) is 44.5 Å². The van der Waals surface area contributed by atoms with Crippen molar-refractivity contribution >= 4 is 5.97 Å². The fourth-order valence-electron chi connectivity index (χ4n) is 1.26. The summed E-state index contributed by atoms with van der Waals surface area (Å²) in [6, 6.07) is 12.0. The van der Waals surface area contributed by atoms with E-state index in [4.69, 9.17) is 5.11 Å². The molecule has 0 aliphatic carbocycles. The Kier molecular flexibility index (Phi) is 36.4. The van der Waals surface area contributed by atoms with Gasteiger partial charge in [-0.1, -0.05) is 77.9 Å². The second-order valence-electron chi connectivity index (χ2n) is 5.74. The Morgan fingerprint density at radius 1 is 1.00 bits per heavy atom. The molecule has 0 saturated heterocycles. The Morgan fingerprint density at radius 2 is 1.25 bits per heavy atom. The fourth-order valence-corrected chi connectivity index (χ4v) is 1.26. The van der Waals surface area contributed by atoms with Crippen molar-refractivity contribution < 1.29 is 47.5 Å². The normalized spacial score (nSPS) is 9.67. The van der Waals surface area contributed by atoms with Gasteiger partial charge in [-0.15, -0.1) is 0 Å². The molecule has 1 rings (SSSR count). The molecule has 0 heterocycles. The van der Waals surface area contributed by atoms with Crippen LogP contribution in [0.4, 0.5) is 0 Å². The summed E-state index contributed by atoms with van der Waals surface area (Å²) in [4.78, 5) is 10.7. The van der Waals surface area contributed by atoms with Crippen LogP contribution in [0.25, 0.3) is 0 Å². The number of hydrogen-bond acceptors (Lipinski definition) is 1. The number of benzene rings is 1. The van der Waals surface area contributed by atoms with E-state index < -0.39 is 5.97 Å². The third-order valence-electron chi connectivity index (χ3n) is 2.25. The minimum Gasteiger partial charge on any atom is -0.481 e. The van der Waals surface area contributed by atoms with E-state index in [2.05, 4.69) is 34.7 Å². The Labute approximate surface area is 177 Å². The van der Waals surface area contributed by atoms with E-state index in [9.17, 15) is 4.79 Å². The molecule has 0 aliphatic rings. The van der Waals surface area contributed by atoms with E-state index in [0.717, 1.165) is 13.1 Å². The van der Waals surface area contributed by atoms with Gasteiger partial charge in [-0.25, -0.2) is 0 Å². The van der Waals surface area contributed by atoms with Crippen molar-refractivity contribution in [3.8, 4) is 0 Å². The Balaban J connectivity index is -0.0000000711. The van der Waals surface area contributed by atoms with E-state index in [1.54, 1.807) is 6.92 Å². The van der Waals surface area contributed by atoms with Crippen molar-refractivity contribution in [3.63, 3.8) is 0 Å². The first kappa shape index (κ1) is 35.0. The number of nitrogens with one attached hydrogen (secondary N) is 1. The molecular weight excluding hydrogens is 375 g/mol. The number of aliphatic carboxylic acids is 1. The van der Waals surface area contributed by atoms with Crippen LogP contribution in [-0.2, 0) is 37.5 Å². The zero-order valence-electron chi connectivity index (χ0n) is 17.2. The van der Waals surface area contributed by atoms with Crippen molar-refractivity contribution in [1.29, 1.82) is 0 Å². The van der Waals surface area contributed by atoms with Gasteiger partial charge in [0.1, 0.15) is 0 Å². The maximum absolute atomic E-state index is 9.37. The van der Waals surface area contributed by atoms with E-state index in [1.807, 2.05) is 50.2 Å². The van der Waals surface area contributed by atoms with Crippen LogP contribution in [0.15, 0.2) is 36.4 Å². The van der Waals surface area contributed by atoms with Crippen LogP contribution in [0.1, 0.15) is 54.9 Å². The van der Waals surface area contributed by atoms with Crippen LogP contribution in [0.2, 0.25) is 0 Å². The maximum Gasteiger partial charge on any atom is 0.303 e. The second-order valence-corrected chi connectivity index (χ2v) is 5.74. The van der Waals surface area contributed by atoms with Crippen molar-refractivity contribution in [2.75, 3.05) is 13.1 Å². The Hall–Kier alpha value is -0.246. The van der Waals surface area contributed by atoms with Crippen molar-refractivity contribution in [1.82, 2.24) is 0 Å². The van der Waals surface area contributed by atoms with Gasteiger partial charge in [0.25, 0.3) is 0 Å². The van der Waals surface area contributed by atoms with Crippen molar-refractivity contribution in [3.05, 3.63) is 50.9 Å². The first-order chi connectivity index (χ1) is 10.2. The number of quaternary nitrogens is 1. The summed E-state index contributed by atoms with van der Waals surface area (Å²) in [5.41, 5.74) is 0.424. The van der Waals surface area contributed by atoms with Gasteiger partial charge in [0.05, 0.1) is 13.1 Å². The zero-order valence-corrected chi connectivity index (χ0v) is 20.1. The molecule has 141 valence electrons. The van der Waals surface area contributed by atoms with Crippen LogP contribution < -0.4 is 4.90 Å². The molecule has 2 N–H and O–H groups in total. The summed E-state index contributed by atoms with van der Waals surface area (Å²) < 4.78 is 0. The molecule has 0 fully saturated rings. The predicted molar refractivity (Wildman–Crippen MR) is 103 cm³/mol. The summed E-state index contributed by atoms with van der Waals surface area (Å²) in [6.07, 6.45) is 0.222. The third-order valence-corrected chi connectivity index (χ3v) is 2.25. The first-order valence-corrected chi connectivity index (χ1v) is 8.11. The average molecular weight is 415 g/mol. The molecule has 0 aromatic heterocycles. The van der Waals surface area contributed by atoms with Gasteiger partial charge in [0.15, 0.2) is 0 Å². The minimum absolute atomic E-state index is 0. The Bertz CT molecular complexity index is 297. The topological polar surface area (TPSA) is 41.7 Å². The van der Waals surface area contributed by atoms with Gasteiger partial charge in [-0.05, 0) is 6.92 Å². The third kappa shape index (κ3) is 43.0. The van der Waals surface area contributed by atoms with E-state index in [0.29, 0.717) is 5.41 Å². The van der Waals surface area contributed by atoms with Crippen LogP contribution in [0.5, 0.6) is 0 Å². The molecule has 1 unspecified atom stereocenters. The number of carboxylic acid groups (broad SMARTS) is 1. The quantitative estimate of drug-likeness (QED) is 0.720. The van der Waals surface area contributed by atoms with E-state index in [1.165, 1.54) is 4.90 Å². The second kappa shape index (κ2) is 25.0. The monoisotopic (exact) mass is 415 g/mol. The molecule has 4 heteroatoms. The van der Waals surface area contributed by atoms with Gasteiger partial charge in [-0.3, -0.25) is 4.79 Å². The minimum atomic E-state index is -0.745. The van der Waals surface area contributed by atoms with Crippen LogP contribution in [-0.4, -0.2) is 24.2 Å². The van der Waals surface area contributed by atoms with Gasteiger partial charge < -0.3 is 17.4 Å². The first-order valence-electron chi connectivity index (χ1n) is 8.11. The predicted octanol–water partition coefficient (Wildman–Crippen LogP) is 4.37. The van der Waals surface area contributed by atoms with E-state index in [-0.39, 0.29) is 46.6 Å². The van der Waals surface area contributed by atoms with Crippen LogP contribution >= 0.6 is 0 Å². The number of hydrogen-bond donors (Lipinski definition) is 2. The van der Waals surface area contributed by atoms with E-state index >= 15 is 0 Å². The van der Waals surface area contributed by atoms with Gasteiger partial charge in [0.2, 0.25) is 0 Å². The fraction of sp³-hybridized carbons (Fsp3) is 0.550. The number of carbonyl (C=O) groups is 1. The molecule has 24 heavy (non-hydrogen) atoms. The summed E-state index contributed by atoms with van der Waals surface area (Å²) in [5, 5.41) is 7.72. The molecule has 3 nitrogen and oxygen atoms in total. The average Bonchev–Trinajstić information content (AvgIpc) is 2.50. The van der Waals surface area contributed by atoms with Crippen molar-refractivity contribution in [2.45, 2.75) is 54.9 Å². The molecule has 1 atom stereocenters. The molecule has 0 saturated carbocycles. The number of carboxylic acids is 1. The number of rotatable bonds is 3. The SMILES string of the molecule is CC.CCC(=O)O.[CH2-][NH+](CC)CC(C)(C)C.[CH3-].[Y].c1ccccc1. The molecule has 1 aromatic carbocycles. The molecule has 1 aromatic rings. The molecule has 0 aliphatic heterocycles. The summed E-state index contributed by atoms with van der Waals surface area (Å²) in [6.45, 7) is 16.8. The maximum atomic E-state index is 9.37. The molecular formula is C20H40NO2Y-. The summed E-state index contributed by atoms with van der Waals surface area (Å²) in [7, 11) is 3.96. The molecule has 0 amide bonds. The summed E-state index contributed by atoms with van der Waals surface area (Å²) >= 11 is 0. The van der Waals surface area contributed by atoms with Gasteiger partial charge in [-0.2, -0.15) is 7.05 Å². The molecule has 0 spiro atoms. The summed E-state index contributed by atoms with van der Waals surface area (Å²) in [5.74, 6) is -0.745. The van der Waals surface area contributed by atoms with Crippen molar-refractivity contribution in [2.24, 2.45) is 5.41 Å². The smallest absolute Gasteiger partial charge is 0.303 e. The molecule has 0 bridgehead atoms. The largest absolute Gasteiger partial charge is 0.481 e. The standard InChI is InChI=1S/C8H19N.C6H6.C3H6O2.C2H6.CH3.Y/c1-6-9(5)7-8(2,3)4;1-2-4-6-5-3-1;1-2-3(4)5;1-2;;/h9H,5-7H2,1-4H3;1-6H;2H2,1H3,(H,4,5);1-2H3;1H3;/q;;;;-1;.